The molecule has 168 valence electrons. The minimum atomic E-state index is -4.69. The lowest BCUT2D eigenvalue weighted by atomic mass is 9.97. The third kappa shape index (κ3) is 5.14. The molecule has 0 aliphatic heterocycles. The molecule has 3 rings (SSSR count). The normalized spacial score (nSPS) is 18.1. The molecule has 1 N–H and O–H groups in total. The third-order valence-electron chi connectivity index (χ3n) is 5.11. The molecular weight excluding hydrogens is 416 g/mol. The van der Waals surface area contributed by atoms with E-state index in [4.69, 9.17) is 0 Å². The van der Waals surface area contributed by atoms with E-state index in [2.05, 4.69) is 4.72 Å². The Hall–Kier alpha value is -1.25. The monoisotopic (exact) mass is 446 g/mol. The lowest BCUT2D eigenvalue weighted by Gasteiger charge is -2.29. The molecule has 1 aromatic carbocycles. The van der Waals surface area contributed by atoms with E-state index in [1.54, 1.807) is 31.4 Å². The van der Waals surface area contributed by atoms with Crippen LogP contribution in [0.2, 0.25) is 0 Å². The highest BCUT2D eigenvalue weighted by molar-refractivity contribution is 7.90. The van der Waals surface area contributed by atoms with Crippen LogP contribution in [0.15, 0.2) is 18.3 Å². The molecule has 0 saturated heterocycles. The third-order valence-corrected chi connectivity index (χ3v) is 6.67. The lowest BCUT2D eigenvalue weighted by Crippen LogP contribution is -2.45. The van der Waals surface area contributed by atoms with E-state index in [1.165, 1.54) is 12.3 Å². The van der Waals surface area contributed by atoms with Crippen molar-refractivity contribution < 1.29 is 22.1 Å². The van der Waals surface area contributed by atoms with Crippen LogP contribution in [-0.2, 0) is 17.9 Å². The van der Waals surface area contributed by atoms with Crippen molar-refractivity contribution in [3.05, 3.63) is 35.3 Å². The molecule has 30 heavy (non-hydrogen) atoms. The van der Waals surface area contributed by atoms with Crippen molar-refractivity contribution in [3.63, 3.8) is 0 Å². The van der Waals surface area contributed by atoms with Gasteiger partial charge in [0.15, 0.2) is 6.04 Å². The fourth-order valence-corrected chi connectivity index (χ4v) is 4.35. The van der Waals surface area contributed by atoms with Gasteiger partial charge in [-0.25, -0.2) is 4.39 Å². The Balaban J connectivity index is 2.18. The molecule has 0 spiro atoms. The van der Waals surface area contributed by atoms with E-state index in [9.17, 15) is 22.1 Å². The van der Waals surface area contributed by atoms with E-state index < -0.39 is 34.1 Å². The maximum atomic E-state index is 14.8. The molecular formula is C22H30F4N2OS. The summed E-state index contributed by atoms with van der Waals surface area (Å²) in [6, 6.07) is 0.761. The Morgan fingerprint density at radius 2 is 1.73 bits per heavy atom. The van der Waals surface area contributed by atoms with Gasteiger partial charge >= 0.3 is 6.18 Å². The number of aromatic nitrogens is 1. The van der Waals surface area contributed by atoms with Crippen LogP contribution in [0.4, 0.5) is 17.6 Å². The standard InChI is InChI=1S/C22H30F4N2OS/c1-20(2,3)12-28-11-16(19(22(24,25)26)27-30(29)21(4,5)6)15-9-17(23)14(10-18(15)28)13-7-8-13/h9-11,13,19,27H,7-8,12H2,1-6H3/t19-,30-/m0/s1. The number of nitrogens with one attached hydrogen (secondary N) is 1. The van der Waals surface area contributed by atoms with E-state index in [-0.39, 0.29) is 22.3 Å². The Morgan fingerprint density at radius 1 is 1.13 bits per heavy atom. The quantitative estimate of drug-likeness (QED) is 0.429. The summed E-state index contributed by atoms with van der Waals surface area (Å²) in [5, 5.41) is 0.210. The van der Waals surface area contributed by atoms with Gasteiger partial charge in [0.05, 0.1) is 0 Å². The first-order chi connectivity index (χ1) is 13.6. The van der Waals surface area contributed by atoms with Crippen molar-refractivity contribution in [2.24, 2.45) is 5.41 Å². The molecule has 1 aliphatic carbocycles. The Kier molecular flexibility index (Phi) is 6.02. The zero-order chi connectivity index (χ0) is 22.6. The number of hydrogen-bond donors (Lipinski definition) is 1. The first kappa shape index (κ1) is 23.4. The van der Waals surface area contributed by atoms with Crippen LogP contribution in [0.1, 0.15) is 77.5 Å². The topological polar surface area (TPSA) is 40.0 Å². The summed E-state index contributed by atoms with van der Waals surface area (Å²) < 4.78 is 72.6. The van der Waals surface area contributed by atoms with Crippen LogP contribution < -0.4 is 4.72 Å². The van der Waals surface area contributed by atoms with Crippen molar-refractivity contribution in [1.82, 2.24) is 9.29 Å². The summed E-state index contributed by atoms with van der Waals surface area (Å²) in [5.74, 6) is -0.335. The number of nitrogens with zero attached hydrogens (tertiary/aromatic N) is 1. The summed E-state index contributed by atoms with van der Waals surface area (Å²) >= 11 is -1.95. The van der Waals surface area contributed by atoms with Gasteiger partial charge in [-0.05, 0) is 62.6 Å². The number of alkyl halides is 3. The van der Waals surface area contributed by atoms with Gasteiger partial charge in [-0.2, -0.15) is 13.2 Å². The second-order valence-electron chi connectivity index (χ2n) is 10.4. The number of hydrogen-bond acceptors (Lipinski definition) is 2. The van der Waals surface area contributed by atoms with Crippen molar-refractivity contribution >= 4 is 22.3 Å². The minimum absolute atomic E-state index is 0.0967. The molecule has 1 aliphatic rings. The molecule has 8 heteroatoms. The summed E-state index contributed by atoms with van der Waals surface area (Å²) in [4.78, 5) is 0. The highest BCUT2D eigenvalue weighted by Gasteiger charge is 2.47. The first-order valence-electron chi connectivity index (χ1n) is 10.1. The van der Waals surface area contributed by atoms with Gasteiger partial charge in [0.2, 0.25) is 0 Å². The van der Waals surface area contributed by atoms with Gasteiger partial charge in [-0.3, -0.25) is 0 Å². The van der Waals surface area contributed by atoms with Crippen LogP contribution in [0.25, 0.3) is 10.9 Å². The lowest BCUT2D eigenvalue weighted by molar-refractivity contribution is -0.152. The van der Waals surface area contributed by atoms with Crippen LogP contribution in [-0.4, -0.2) is 20.0 Å². The molecule has 0 amide bonds. The smallest absolute Gasteiger partial charge is 0.412 e. The predicted molar refractivity (Wildman–Crippen MR) is 113 cm³/mol. The molecule has 0 bridgehead atoms. The average molecular weight is 447 g/mol. The van der Waals surface area contributed by atoms with Crippen molar-refractivity contribution in [1.29, 1.82) is 0 Å². The molecule has 1 saturated carbocycles. The fraction of sp³-hybridized carbons (Fsp3) is 0.636. The van der Waals surface area contributed by atoms with Gasteiger partial charge in [-0.15, -0.1) is 4.72 Å². The molecule has 0 unspecified atom stereocenters. The average Bonchev–Trinajstić information content (AvgIpc) is 3.33. The summed E-state index contributed by atoms with van der Waals surface area (Å²) in [6.07, 6.45) is -1.45. The molecule has 2 aromatic rings. The van der Waals surface area contributed by atoms with Gasteiger partial charge in [-0.1, -0.05) is 20.8 Å². The Morgan fingerprint density at radius 3 is 2.20 bits per heavy atom. The summed E-state index contributed by atoms with van der Waals surface area (Å²) in [5.41, 5.74) is 0.866. The molecule has 1 fully saturated rings. The minimum Gasteiger partial charge on any atom is -0.598 e. The van der Waals surface area contributed by atoms with Crippen LogP contribution in [0, 0.1) is 11.2 Å². The van der Waals surface area contributed by atoms with Crippen LogP contribution in [0.5, 0.6) is 0 Å². The largest absolute Gasteiger partial charge is 0.598 e. The number of benzene rings is 1. The predicted octanol–water partition coefficient (Wildman–Crippen LogP) is 6.36. The molecule has 1 heterocycles. The highest BCUT2D eigenvalue weighted by atomic mass is 32.2. The maximum absolute atomic E-state index is 14.8. The second kappa shape index (κ2) is 7.71. The van der Waals surface area contributed by atoms with Crippen LogP contribution in [0.3, 0.4) is 0 Å². The van der Waals surface area contributed by atoms with E-state index >= 15 is 0 Å². The highest BCUT2D eigenvalue weighted by Crippen LogP contribution is 2.45. The van der Waals surface area contributed by atoms with Gasteiger partial charge < -0.3 is 9.12 Å². The zero-order valence-corrected chi connectivity index (χ0v) is 19.1. The molecule has 2 atom stereocenters. The van der Waals surface area contributed by atoms with E-state index in [1.807, 2.05) is 20.8 Å². The molecule has 0 radical (unpaired) electrons. The molecule has 3 nitrogen and oxygen atoms in total. The number of rotatable bonds is 5. The van der Waals surface area contributed by atoms with Crippen molar-refractivity contribution in [2.45, 2.75) is 83.8 Å². The van der Waals surface area contributed by atoms with Gasteiger partial charge in [0, 0.05) is 40.6 Å². The summed E-state index contributed by atoms with van der Waals surface area (Å²) in [6.45, 7) is 11.3. The first-order valence-corrected chi connectivity index (χ1v) is 11.3. The van der Waals surface area contributed by atoms with E-state index in [0.717, 1.165) is 12.8 Å². The molecule has 1 aromatic heterocycles. The Bertz CT molecular complexity index is 920. The van der Waals surface area contributed by atoms with Crippen LogP contribution >= 0.6 is 0 Å². The van der Waals surface area contributed by atoms with Gasteiger partial charge in [0.1, 0.15) is 10.6 Å². The van der Waals surface area contributed by atoms with Crippen molar-refractivity contribution in [2.75, 3.05) is 0 Å². The second-order valence-corrected chi connectivity index (χ2v) is 12.4. The SMILES string of the molecule is CC(C)(C)Cn1cc([C@H](N[S@@+]([O-])C(C)(C)C)C(F)(F)F)c2cc(F)c(C3CC3)cc21. The zero-order valence-electron chi connectivity index (χ0n) is 18.3. The van der Waals surface area contributed by atoms with Crippen molar-refractivity contribution in [3.8, 4) is 0 Å². The number of fused-ring (bicyclic) bond motifs is 1. The van der Waals surface area contributed by atoms with E-state index in [0.29, 0.717) is 17.6 Å². The number of halogens is 4. The summed E-state index contributed by atoms with van der Waals surface area (Å²) in [7, 11) is 0. The Labute approximate surface area is 178 Å². The van der Waals surface area contributed by atoms with Gasteiger partial charge in [0.25, 0.3) is 0 Å². The maximum Gasteiger partial charge on any atom is 0.412 e. The fourth-order valence-electron chi connectivity index (χ4n) is 3.52.